The molecule has 1 aromatic heterocycles. The van der Waals surface area contributed by atoms with Crippen molar-refractivity contribution in [3.63, 3.8) is 0 Å². The van der Waals surface area contributed by atoms with Crippen LogP contribution in [0.25, 0.3) is 0 Å². The van der Waals surface area contributed by atoms with Gasteiger partial charge in [-0.3, -0.25) is 0 Å². The van der Waals surface area contributed by atoms with E-state index in [-0.39, 0.29) is 17.7 Å². The van der Waals surface area contributed by atoms with E-state index in [1.54, 1.807) is 0 Å². The summed E-state index contributed by atoms with van der Waals surface area (Å²) in [6, 6.07) is 0.947. The number of aromatic nitrogens is 1. The van der Waals surface area contributed by atoms with E-state index in [1.807, 2.05) is 18.7 Å². The first-order chi connectivity index (χ1) is 8.51. The fourth-order valence-electron chi connectivity index (χ4n) is 1.76. The number of nitrogens with two attached hydrogens (primary N) is 1. The number of nitrogen functional groups attached to an aromatic ring is 1. The smallest absolute Gasteiger partial charge is 0.168 e. The van der Waals surface area contributed by atoms with Crippen LogP contribution in [-0.4, -0.2) is 17.6 Å². The molecule has 0 spiro atoms. The molecule has 18 heavy (non-hydrogen) atoms. The van der Waals surface area contributed by atoms with Gasteiger partial charge in [-0.1, -0.05) is 20.3 Å². The summed E-state index contributed by atoms with van der Waals surface area (Å²) in [5, 5.41) is 0. The van der Waals surface area contributed by atoms with Gasteiger partial charge in [0.25, 0.3) is 0 Å². The van der Waals surface area contributed by atoms with Crippen LogP contribution in [0.3, 0.4) is 0 Å². The molecule has 3 nitrogen and oxygen atoms in total. The zero-order chi connectivity index (χ0) is 13.7. The summed E-state index contributed by atoms with van der Waals surface area (Å²) in [5.41, 5.74) is 5.42. The first kappa shape index (κ1) is 14.7. The lowest BCUT2D eigenvalue weighted by Crippen LogP contribution is -2.35. The number of pyridine rings is 1. The van der Waals surface area contributed by atoms with Crippen LogP contribution in [0.15, 0.2) is 6.07 Å². The number of rotatable bonds is 6. The minimum absolute atomic E-state index is 0.142. The maximum absolute atomic E-state index is 13.8. The summed E-state index contributed by atoms with van der Waals surface area (Å²) >= 11 is 0. The quantitative estimate of drug-likeness (QED) is 0.849. The minimum Gasteiger partial charge on any atom is -0.381 e. The van der Waals surface area contributed by atoms with Crippen molar-refractivity contribution in [1.29, 1.82) is 0 Å². The van der Waals surface area contributed by atoms with Gasteiger partial charge in [-0.15, -0.1) is 0 Å². The van der Waals surface area contributed by atoms with Crippen molar-refractivity contribution in [2.75, 3.05) is 17.2 Å². The fourth-order valence-corrected chi connectivity index (χ4v) is 1.76. The van der Waals surface area contributed by atoms with Gasteiger partial charge in [0.1, 0.15) is 0 Å². The van der Waals surface area contributed by atoms with Crippen molar-refractivity contribution < 1.29 is 8.78 Å². The third kappa shape index (κ3) is 3.31. The summed E-state index contributed by atoms with van der Waals surface area (Å²) in [6.07, 6.45) is 2.80. The highest BCUT2D eigenvalue weighted by Gasteiger charge is 2.19. The van der Waals surface area contributed by atoms with E-state index in [4.69, 9.17) is 5.73 Å². The van der Waals surface area contributed by atoms with E-state index < -0.39 is 11.6 Å². The molecule has 0 aliphatic carbocycles. The molecule has 0 saturated carbocycles. The van der Waals surface area contributed by atoms with E-state index in [1.165, 1.54) is 0 Å². The number of unbranched alkanes of at least 4 members (excludes halogenated alkanes) is 1. The lowest BCUT2D eigenvalue weighted by molar-refractivity contribution is 0.541. The first-order valence-corrected chi connectivity index (χ1v) is 6.39. The Morgan fingerprint density at radius 3 is 2.56 bits per heavy atom. The predicted octanol–water partition coefficient (Wildman–Crippen LogP) is 3.35. The number of halogens is 2. The number of hydrogen-bond acceptors (Lipinski definition) is 3. The van der Waals surface area contributed by atoms with Gasteiger partial charge in [-0.25, -0.2) is 13.8 Å². The fraction of sp³-hybridized carbons (Fsp3) is 0.615. The molecular weight excluding hydrogens is 236 g/mol. The van der Waals surface area contributed by atoms with Gasteiger partial charge in [0, 0.05) is 18.7 Å². The van der Waals surface area contributed by atoms with Crippen LogP contribution in [0, 0.1) is 11.6 Å². The summed E-state index contributed by atoms with van der Waals surface area (Å²) in [6.45, 7) is 6.78. The molecule has 5 heteroatoms. The van der Waals surface area contributed by atoms with Gasteiger partial charge in [-0.2, -0.15) is 0 Å². The Hall–Kier alpha value is -1.39. The maximum atomic E-state index is 13.8. The molecule has 1 heterocycles. The molecule has 0 bridgehead atoms. The number of nitrogens with zero attached hydrogens (tertiary/aromatic N) is 2. The summed E-state index contributed by atoms with van der Waals surface area (Å²) in [7, 11) is 0. The molecule has 0 amide bonds. The monoisotopic (exact) mass is 257 g/mol. The van der Waals surface area contributed by atoms with Crippen LogP contribution in [0.5, 0.6) is 0 Å². The average Bonchev–Trinajstić information content (AvgIpc) is 2.35. The van der Waals surface area contributed by atoms with Gasteiger partial charge in [-0.05, 0) is 19.8 Å². The van der Waals surface area contributed by atoms with Gasteiger partial charge in [0.05, 0.1) is 0 Å². The molecule has 0 saturated heterocycles. The van der Waals surface area contributed by atoms with E-state index in [9.17, 15) is 8.78 Å². The molecule has 2 N–H and O–H groups in total. The molecule has 1 atom stereocenters. The molecule has 1 unspecified atom stereocenters. The van der Waals surface area contributed by atoms with E-state index in [0.717, 1.165) is 25.3 Å². The highest BCUT2D eigenvalue weighted by Crippen LogP contribution is 2.23. The molecule has 0 aromatic carbocycles. The van der Waals surface area contributed by atoms with Crippen LogP contribution in [0.1, 0.15) is 40.0 Å². The Kier molecular flexibility index (Phi) is 5.31. The van der Waals surface area contributed by atoms with Gasteiger partial charge >= 0.3 is 0 Å². The predicted molar refractivity (Wildman–Crippen MR) is 70.6 cm³/mol. The standard InChI is InChI=1S/C13H21F2N3/c1-4-6-7-18(9(3)5-2)13-11(15)8-10(14)12(16)17-13/h8-9H,4-7H2,1-3H3,(H2,16,17). The lowest BCUT2D eigenvalue weighted by Gasteiger charge is -2.30. The molecular formula is C13H21F2N3. The van der Waals surface area contributed by atoms with Crippen LogP contribution < -0.4 is 10.6 Å². The Balaban J connectivity index is 3.07. The molecule has 0 radical (unpaired) electrons. The van der Waals surface area contributed by atoms with Crippen LogP contribution in [0.4, 0.5) is 20.4 Å². The Morgan fingerprint density at radius 1 is 1.33 bits per heavy atom. The van der Waals surface area contributed by atoms with E-state index >= 15 is 0 Å². The van der Waals surface area contributed by atoms with Crippen molar-refractivity contribution in [2.24, 2.45) is 0 Å². The summed E-state index contributed by atoms with van der Waals surface area (Å²) in [5.74, 6) is -1.57. The van der Waals surface area contributed by atoms with E-state index in [0.29, 0.717) is 6.54 Å². The molecule has 1 rings (SSSR count). The topological polar surface area (TPSA) is 42.2 Å². The van der Waals surface area contributed by atoms with Crippen molar-refractivity contribution >= 4 is 11.6 Å². The van der Waals surface area contributed by atoms with Crippen molar-refractivity contribution in [3.8, 4) is 0 Å². The molecule has 102 valence electrons. The van der Waals surface area contributed by atoms with Crippen LogP contribution in [-0.2, 0) is 0 Å². The highest BCUT2D eigenvalue weighted by molar-refractivity contribution is 5.47. The normalized spacial score (nSPS) is 12.5. The molecule has 1 aromatic rings. The number of hydrogen-bond donors (Lipinski definition) is 1. The van der Waals surface area contributed by atoms with Crippen molar-refractivity contribution in [1.82, 2.24) is 4.98 Å². The third-order valence-electron chi connectivity index (χ3n) is 3.09. The second kappa shape index (κ2) is 6.52. The minimum atomic E-state index is -0.809. The van der Waals surface area contributed by atoms with Crippen LogP contribution in [0.2, 0.25) is 0 Å². The SMILES string of the molecule is CCCCN(c1nc(N)c(F)cc1F)C(C)CC. The number of anilines is 2. The molecule has 0 fully saturated rings. The van der Waals surface area contributed by atoms with Crippen molar-refractivity contribution in [3.05, 3.63) is 17.7 Å². The average molecular weight is 257 g/mol. The largest absolute Gasteiger partial charge is 0.381 e. The van der Waals surface area contributed by atoms with Crippen molar-refractivity contribution in [2.45, 2.75) is 46.1 Å². The second-order valence-corrected chi connectivity index (χ2v) is 4.47. The van der Waals surface area contributed by atoms with E-state index in [2.05, 4.69) is 11.9 Å². The zero-order valence-electron chi connectivity index (χ0n) is 11.2. The second-order valence-electron chi connectivity index (χ2n) is 4.47. The highest BCUT2D eigenvalue weighted by atomic mass is 19.1. The Labute approximate surface area is 107 Å². The lowest BCUT2D eigenvalue weighted by atomic mass is 10.2. The summed E-state index contributed by atoms with van der Waals surface area (Å²) in [4.78, 5) is 5.70. The summed E-state index contributed by atoms with van der Waals surface area (Å²) < 4.78 is 26.9. The van der Waals surface area contributed by atoms with Gasteiger partial charge in [0.2, 0.25) is 0 Å². The van der Waals surface area contributed by atoms with Gasteiger partial charge < -0.3 is 10.6 Å². The third-order valence-corrected chi connectivity index (χ3v) is 3.09. The van der Waals surface area contributed by atoms with Crippen LogP contribution >= 0.6 is 0 Å². The van der Waals surface area contributed by atoms with Gasteiger partial charge in [0.15, 0.2) is 23.3 Å². The Bertz CT molecular complexity index is 396. The maximum Gasteiger partial charge on any atom is 0.168 e. The molecule has 0 aliphatic rings. The first-order valence-electron chi connectivity index (χ1n) is 6.39. The zero-order valence-corrected chi connectivity index (χ0v) is 11.2. The Morgan fingerprint density at radius 2 is 2.00 bits per heavy atom. The molecule has 0 aliphatic heterocycles.